The van der Waals surface area contributed by atoms with Crippen LogP contribution in [-0.4, -0.2) is 19.6 Å². The Labute approximate surface area is 174 Å². The quantitative estimate of drug-likeness (QED) is 0.431. The maximum absolute atomic E-state index is 6.33. The number of nitrogens with one attached hydrogen (secondary N) is 1. The molecule has 0 spiro atoms. The molecular weight excluding hydrogens is 449 g/mol. The van der Waals surface area contributed by atoms with Gasteiger partial charge in [0.1, 0.15) is 5.82 Å². The molecule has 4 aromatic rings. The van der Waals surface area contributed by atoms with E-state index in [0.29, 0.717) is 23.0 Å². The fourth-order valence-electron chi connectivity index (χ4n) is 2.78. The van der Waals surface area contributed by atoms with Crippen LogP contribution in [0.1, 0.15) is 16.8 Å². The van der Waals surface area contributed by atoms with E-state index in [4.69, 9.17) is 28.2 Å². The van der Waals surface area contributed by atoms with Crippen molar-refractivity contribution >= 4 is 50.6 Å². The van der Waals surface area contributed by atoms with Gasteiger partial charge in [0.05, 0.1) is 16.4 Å². The number of nitrogens with zero attached hydrogens (tertiary/aromatic N) is 4. The number of halogens is 3. The third kappa shape index (κ3) is 3.93. The lowest BCUT2D eigenvalue weighted by Crippen LogP contribution is -2.08. The standard InChI is InChI=1S/C19H14BrCl2N5/c20-15-11-25-27-18(24-10-12-3-2-6-23-9-12)8-13(26-19(15)27)7-14-16(21)4-1-5-17(14)22/h1-6,8-9,11,24H,7,10H2. The zero-order chi connectivity index (χ0) is 18.8. The SMILES string of the molecule is Clc1cccc(Cl)c1Cc1cc(NCc2cccnc2)n2ncc(Br)c2n1. The molecule has 4 rings (SSSR count). The second kappa shape index (κ2) is 7.84. The van der Waals surface area contributed by atoms with Gasteiger partial charge in [-0.1, -0.05) is 35.3 Å². The fourth-order valence-corrected chi connectivity index (χ4v) is 3.66. The molecular formula is C19H14BrCl2N5. The molecule has 0 bridgehead atoms. The van der Waals surface area contributed by atoms with Crippen LogP contribution < -0.4 is 5.32 Å². The Balaban J connectivity index is 1.70. The second-order valence-corrected chi connectivity index (χ2v) is 7.62. The van der Waals surface area contributed by atoms with Crippen molar-refractivity contribution in [1.82, 2.24) is 19.6 Å². The smallest absolute Gasteiger partial charge is 0.171 e. The van der Waals surface area contributed by atoms with Crippen LogP contribution in [-0.2, 0) is 13.0 Å². The van der Waals surface area contributed by atoms with Crippen molar-refractivity contribution in [2.45, 2.75) is 13.0 Å². The number of benzene rings is 1. The summed E-state index contributed by atoms with van der Waals surface area (Å²) >= 11 is 16.2. The van der Waals surface area contributed by atoms with Crippen LogP contribution in [0.3, 0.4) is 0 Å². The largest absolute Gasteiger partial charge is 0.366 e. The molecule has 0 atom stereocenters. The lowest BCUT2D eigenvalue weighted by atomic mass is 10.1. The monoisotopic (exact) mass is 461 g/mol. The molecule has 0 unspecified atom stereocenters. The van der Waals surface area contributed by atoms with Gasteiger partial charge in [-0.15, -0.1) is 0 Å². The number of rotatable bonds is 5. The highest BCUT2D eigenvalue weighted by molar-refractivity contribution is 9.10. The van der Waals surface area contributed by atoms with Gasteiger partial charge in [-0.2, -0.15) is 9.61 Å². The van der Waals surface area contributed by atoms with Gasteiger partial charge in [-0.05, 0) is 45.3 Å². The number of anilines is 1. The van der Waals surface area contributed by atoms with Crippen molar-refractivity contribution in [2.75, 3.05) is 5.32 Å². The molecule has 3 aromatic heterocycles. The number of fused-ring (bicyclic) bond motifs is 1. The molecule has 5 nitrogen and oxygen atoms in total. The highest BCUT2D eigenvalue weighted by Gasteiger charge is 2.13. The third-order valence-corrected chi connectivity index (χ3v) is 5.37. The summed E-state index contributed by atoms with van der Waals surface area (Å²) in [6.07, 6.45) is 5.83. The molecule has 1 N–H and O–H groups in total. The average molecular weight is 463 g/mol. The Hall–Kier alpha value is -2.15. The van der Waals surface area contributed by atoms with Crippen LogP contribution in [0.5, 0.6) is 0 Å². The molecule has 136 valence electrons. The minimum absolute atomic E-state index is 0.522. The third-order valence-electron chi connectivity index (χ3n) is 4.10. The van der Waals surface area contributed by atoms with E-state index in [2.05, 4.69) is 31.3 Å². The molecule has 0 fully saturated rings. The lowest BCUT2D eigenvalue weighted by Gasteiger charge is -2.12. The predicted octanol–water partition coefficient (Wildman–Crippen LogP) is 5.40. The first-order valence-electron chi connectivity index (χ1n) is 8.20. The minimum atomic E-state index is 0.522. The second-order valence-electron chi connectivity index (χ2n) is 5.95. The Morgan fingerprint density at radius 3 is 2.63 bits per heavy atom. The van der Waals surface area contributed by atoms with Gasteiger partial charge in [0.25, 0.3) is 0 Å². The first kappa shape index (κ1) is 18.2. The number of aromatic nitrogens is 4. The van der Waals surface area contributed by atoms with E-state index < -0.39 is 0 Å². The van der Waals surface area contributed by atoms with E-state index >= 15 is 0 Å². The van der Waals surface area contributed by atoms with E-state index in [1.165, 1.54) is 0 Å². The Morgan fingerprint density at radius 2 is 1.89 bits per heavy atom. The maximum atomic E-state index is 6.33. The van der Waals surface area contributed by atoms with Crippen LogP contribution in [0.25, 0.3) is 5.65 Å². The predicted molar refractivity (Wildman–Crippen MR) is 112 cm³/mol. The zero-order valence-electron chi connectivity index (χ0n) is 14.0. The van der Waals surface area contributed by atoms with E-state index in [0.717, 1.165) is 32.8 Å². The molecule has 3 heterocycles. The highest BCUT2D eigenvalue weighted by Crippen LogP contribution is 2.28. The van der Waals surface area contributed by atoms with Crippen molar-refractivity contribution in [1.29, 1.82) is 0 Å². The summed E-state index contributed by atoms with van der Waals surface area (Å²) in [4.78, 5) is 8.86. The molecule has 0 aliphatic heterocycles. The van der Waals surface area contributed by atoms with Crippen molar-refractivity contribution in [3.63, 3.8) is 0 Å². The van der Waals surface area contributed by atoms with Crippen molar-refractivity contribution in [3.8, 4) is 0 Å². The number of hydrogen-bond donors (Lipinski definition) is 1. The summed E-state index contributed by atoms with van der Waals surface area (Å²) in [5.74, 6) is 0.827. The Kier molecular flexibility index (Phi) is 5.29. The van der Waals surface area contributed by atoms with Crippen LogP contribution in [0.2, 0.25) is 10.0 Å². The van der Waals surface area contributed by atoms with Gasteiger partial charge in [0.2, 0.25) is 0 Å². The normalized spacial score (nSPS) is 11.1. The Bertz CT molecular complexity index is 1080. The van der Waals surface area contributed by atoms with Crippen molar-refractivity contribution in [3.05, 3.63) is 86.3 Å². The maximum Gasteiger partial charge on any atom is 0.171 e. The average Bonchev–Trinajstić information content (AvgIpc) is 3.05. The highest BCUT2D eigenvalue weighted by atomic mass is 79.9. The molecule has 0 aliphatic carbocycles. The van der Waals surface area contributed by atoms with E-state index in [1.54, 1.807) is 16.9 Å². The number of hydrogen-bond acceptors (Lipinski definition) is 4. The zero-order valence-corrected chi connectivity index (χ0v) is 17.1. The van der Waals surface area contributed by atoms with Crippen LogP contribution in [0.15, 0.2) is 59.5 Å². The molecule has 0 radical (unpaired) electrons. The lowest BCUT2D eigenvalue weighted by molar-refractivity contribution is 0.906. The van der Waals surface area contributed by atoms with Gasteiger partial charge in [-0.25, -0.2) is 4.98 Å². The van der Waals surface area contributed by atoms with Gasteiger partial charge < -0.3 is 5.32 Å². The summed E-state index contributed by atoms with van der Waals surface area (Å²) < 4.78 is 2.58. The molecule has 8 heteroatoms. The topological polar surface area (TPSA) is 55.1 Å². The summed E-state index contributed by atoms with van der Waals surface area (Å²) in [6, 6.07) is 11.4. The number of pyridine rings is 1. The Morgan fingerprint density at radius 1 is 1.07 bits per heavy atom. The summed E-state index contributed by atoms with van der Waals surface area (Å²) in [6.45, 7) is 0.622. The molecule has 27 heavy (non-hydrogen) atoms. The van der Waals surface area contributed by atoms with E-state index in [9.17, 15) is 0 Å². The van der Waals surface area contributed by atoms with E-state index in [1.807, 2.05) is 42.6 Å². The van der Waals surface area contributed by atoms with Crippen molar-refractivity contribution < 1.29 is 0 Å². The first-order chi connectivity index (χ1) is 13.1. The summed E-state index contributed by atoms with van der Waals surface area (Å²) in [5.41, 5.74) is 3.49. The van der Waals surface area contributed by atoms with Crippen LogP contribution in [0.4, 0.5) is 5.82 Å². The molecule has 0 amide bonds. The van der Waals surface area contributed by atoms with Crippen LogP contribution >= 0.6 is 39.1 Å². The van der Waals surface area contributed by atoms with Gasteiger partial charge in [-0.3, -0.25) is 4.98 Å². The van der Waals surface area contributed by atoms with Gasteiger partial charge in [0, 0.05) is 41.5 Å². The molecule has 0 aliphatic rings. The molecule has 0 saturated heterocycles. The molecule has 1 aromatic carbocycles. The minimum Gasteiger partial charge on any atom is -0.366 e. The summed E-state index contributed by atoms with van der Waals surface area (Å²) in [7, 11) is 0. The van der Waals surface area contributed by atoms with E-state index in [-0.39, 0.29) is 0 Å². The molecule has 0 saturated carbocycles. The van der Waals surface area contributed by atoms with Gasteiger partial charge in [0.15, 0.2) is 5.65 Å². The summed E-state index contributed by atoms with van der Waals surface area (Å²) in [5, 5.41) is 9.05. The van der Waals surface area contributed by atoms with Gasteiger partial charge >= 0.3 is 0 Å². The first-order valence-corrected chi connectivity index (χ1v) is 9.75. The fraction of sp³-hybridized carbons (Fsp3) is 0.105. The van der Waals surface area contributed by atoms with Crippen LogP contribution in [0, 0.1) is 0 Å². The van der Waals surface area contributed by atoms with Crippen molar-refractivity contribution in [2.24, 2.45) is 0 Å².